The molecule has 0 aromatic heterocycles. The van der Waals surface area contributed by atoms with Gasteiger partial charge in [0.25, 0.3) is 0 Å². The third kappa shape index (κ3) is 1.97. The number of nitrogens with zero attached hydrogens (tertiary/aromatic N) is 2. The molecule has 2 nitrogen and oxygen atoms in total. The van der Waals surface area contributed by atoms with Crippen molar-refractivity contribution in [2.24, 2.45) is 10.2 Å². The highest BCUT2D eigenvalue weighted by Gasteiger charge is 2.12. The summed E-state index contributed by atoms with van der Waals surface area (Å²) < 4.78 is 0. The summed E-state index contributed by atoms with van der Waals surface area (Å²) in [4.78, 5) is 0. The third-order valence-corrected chi connectivity index (χ3v) is 3.15. The Morgan fingerprint density at radius 2 is 1.61 bits per heavy atom. The molecule has 0 fully saturated rings. The van der Waals surface area contributed by atoms with Gasteiger partial charge in [0.1, 0.15) is 0 Å². The van der Waals surface area contributed by atoms with Gasteiger partial charge in [-0.15, -0.1) is 0 Å². The van der Waals surface area contributed by atoms with Crippen LogP contribution in [0.4, 0.5) is 0 Å². The van der Waals surface area contributed by atoms with Gasteiger partial charge in [0, 0.05) is 5.56 Å². The fourth-order valence-corrected chi connectivity index (χ4v) is 2.16. The molecule has 1 aliphatic rings. The molecule has 1 aliphatic heterocycles. The second-order valence-electron chi connectivity index (χ2n) is 4.42. The van der Waals surface area contributed by atoms with E-state index in [1.165, 1.54) is 11.1 Å². The van der Waals surface area contributed by atoms with E-state index in [0.29, 0.717) is 0 Å². The Morgan fingerprint density at radius 3 is 2.44 bits per heavy atom. The zero-order chi connectivity index (χ0) is 12.4. The van der Waals surface area contributed by atoms with E-state index in [1.54, 1.807) is 0 Å². The maximum Gasteiger partial charge on any atom is 0.0939 e. The van der Waals surface area contributed by atoms with Gasteiger partial charge in [-0.3, -0.25) is 0 Å². The lowest BCUT2D eigenvalue weighted by Crippen LogP contribution is -1.90. The van der Waals surface area contributed by atoms with Crippen molar-refractivity contribution in [1.29, 1.82) is 0 Å². The van der Waals surface area contributed by atoms with Crippen molar-refractivity contribution in [3.8, 4) is 0 Å². The van der Waals surface area contributed by atoms with Gasteiger partial charge in [0.05, 0.1) is 11.7 Å². The Bertz CT molecular complexity index is 612. The average Bonchev–Trinajstić information content (AvgIpc) is 2.60. The predicted molar refractivity (Wildman–Crippen MR) is 74.0 cm³/mol. The van der Waals surface area contributed by atoms with Gasteiger partial charge in [-0.2, -0.15) is 10.2 Å². The van der Waals surface area contributed by atoms with E-state index in [9.17, 15) is 0 Å². The molecule has 0 aliphatic carbocycles. The summed E-state index contributed by atoms with van der Waals surface area (Å²) in [6, 6.07) is 18.6. The van der Waals surface area contributed by atoms with Crippen molar-refractivity contribution in [2.75, 3.05) is 0 Å². The molecule has 2 heteroatoms. The fraction of sp³-hybridized carbons (Fsp3) is 0.125. The number of hydrogen-bond acceptors (Lipinski definition) is 2. The zero-order valence-corrected chi connectivity index (χ0v) is 10.2. The minimum absolute atomic E-state index is 0.110. The Kier molecular flexibility index (Phi) is 2.77. The van der Waals surface area contributed by atoms with Crippen LogP contribution >= 0.6 is 0 Å². The molecular formula is C16H14N2. The first-order chi connectivity index (χ1) is 8.84. The van der Waals surface area contributed by atoms with Crippen LogP contribution in [0.3, 0.4) is 0 Å². The van der Waals surface area contributed by atoms with Crippen LogP contribution in [0.5, 0.6) is 0 Å². The number of fused-ring (bicyclic) bond motifs is 1. The summed E-state index contributed by atoms with van der Waals surface area (Å²) in [5.41, 5.74) is 4.46. The van der Waals surface area contributed by atoms with Gasteiger partial charge in [0.2, 0.25) is 0 Å². The standard InChI is InChI=1S/C16H14N2/c1-12-15-10-6-5-9-14(15)11-16(18-17-12)13-7-3-2-4-8-13/h2-12H,1H3. The molecule has 2 aromatic carbocycles. The Hall–Kier alpha value is -2.22. The Labute approximate surface area is 107 Å². The van der Waals surface area contributed by atoms with E-state index in [2.05, 4.69) is 53.6 Å². The van der Waals surface area contributed by atoms with Crippen molar-refractivity contribution in [1.82, 2.24) is 0 Å². The Morgan fingerprint density at radius 1 is 0.889 bits per heavy atom. The van der Waals surface area contributed by atoms with Gasteiger partial charge in [-0.1, -0.05) is 54.6 Å². The average molecular weight is 234 g/mol. The summed E-state index contributed by atoms with van der Waals surface area (Å²) >= 11 is 0. The van der Waals surface area contributed by atoms with Crippen molar-refractivity contribution < 1.29 is 0 Å². The van der Waals surface area contributed by atoms with Crippen molar-refractivity contribution >= 4 is 11.8 Å². The van der Waals surface area contributed by atoms with Crippen LogP contribution in [0.1, 0.15) is 29.7 Å². The van der Waals surface area contributed by atoms with Gasteiger partial charge in [0.15, 0.2) is 0 Å². The van der Waals surface area contributed by atoms with Crippen LogP contribution in [0, 0.1) is 0 Å². The lowest BCUT2D eigenvalue weighted by atomic mass is 10.0. The van der Waals surface area contributed by atoms with Crippen molar-refractivity contribution in [3.05, 3.63) is 71.3 Å². The first-order valence-electron chi connectivity index (χ1n) is 6.11. The predicted octanol–water partition coefficient (Wildman–Crippen LogP) is 4.71. The molecular weight excluding hydrogens is 220 g/mol. The second-order valence-corrected chi connectivity index (χ2v) is 4.42. The van der Waals surface area contributed by atoms with Gasteiger partial charge in [-0.05, 0) is 24.1 Å². The van der Waals surface area contributed by atoms with E-state index >= 15 is 0 Å². The molecule has 0 spiro atoms. The number of rotatable bonds is 1. The monoisotopic (exact) mass is 234 g/mol. The first kappa shape index (κ1) is 10.9. The van der Waals surface area contributed by atoms with E-state index in [0.717, 1.165) is 11.3 Å². The molecule has 0 amide bonds. The Balaban J connectivity index is 2.13. The van der Waals surface area contributed by atoms with E-state index in [1.807, 2.05) is 24.3 Å². The van der Waals surface area contributed by atoms with Crippen LogP contribution in [-0.4, -0.2) is 0 Å². The van der Waals surface area contributed by atoms with Gasteiger partial charge >= 0.3 is 0 Å². The summed E-state index contributed by atoms with van der Waals surface area (Å²) in [7, 11) is 0. The van der Waals surface area contributed by atoms with E-state index < -0.39 is 0 Å². The molecule has 88 valence electrons. The largest absolute Gasteiger partial charge is 0.181 e. The van der Waals surface area contributed by atoms with Crippen LogP contribution < -0.4 is 0 Å². The third-order valence-electron chi connectivity index (χ3n) is 3.15. The molecule has 18 heavy (non-hydrogen) atoms. The topological polar surface area (TPSA) is 24.7 Å². The zero-order valence-electron chi connectivity index (χ0n) is 10.2. The molecule has 0 saturated heterocycles. The highest BCUT2D eigenvalue weighted by Crippen LogP contribution is 2.30. The van der Waals surface area contributed by atoms with E-state index in [-0.39, 0.29) is 6.04 Å². The smallest absolute Gasteiger partial charge is 0.0939 e. The van der Waals surface area contributed by atoms with E-state index in [4.69, 9.17) is 0 Å². The SMILES string of the molecule is CC1N=NC(c2ccccc2)=Cc2ccccc21. The molecule has 1 heterocycles. The first-order valence-corrected chi connectivity index (χ1v) is 6.11. The number of hydrogen-bond donors (Lipinski definition) is 0. The summed E-state index contributed by atoms with van der Waals surface area (Å²) in [5.74, 6) is 0. The molecule has 0 bridgehead atoms. The maximum atomic E-state index is 4.38. The van der Waals surface area contributed by atoms with Crippen LogP contribution in [0.25, 0.3) is 11.8 Å². The van der Waals surface area contributed by atoms with Crippen LogP contribution in [-0.2, 0) is 0 Å². The normalized spacial score (nSPS) is 17.8. The number of azo groups is 1. The minimum atomic E-state index is 0.110. The van der Waals surface area contributed by atoms with Crippen molar-refractivity contribution in [3.63, 3.8) is 0 Å². The molecule has 0 radical (unpaired) electrons. The number of benzene rings is 2. The van der Waals surface area contributed by atoms with Gasteiger partial charge < -0.3 is 0 Å². The molecule has 0 saturated carbocycles. The fourth-order valence-electron chi connectivity index (χ4n) is 2.16. The lowest BCUT2D eigenvalue weighted by Gasteiger charge is -2.06. The molecule has 2 aromatic rings. The van der Waals surface area contributed by atoms with Gasteiger partial charge in [-0.25, -0.2) is 0 Å². The summed E-state index contributed by atoms with van der Waals surface area (Å²) in [5, 5.41) is 8.75. The maximum absolute atomic E-state index is 4.38. The van der Waals surface area contributed by atoms with Crippen molar-refractivity contribution in [2.45, 2.75) is 13.0 Å². The highest BCUT2D eigenvalue weighted by atomic mass is 15.1. The summed E-state index contributed by atoms with van der Waals surface area (Å²) in [6.45, 7) is 2.07. The van der Waals surface area contributed by atoms with Crippen LogP contribution in [0.15, 0.2) is 64.8 Å². The molecule has 1 atom stereocenters. The quantitative estimate of drug-likeness (QED) is 0.682. The van der Waals surface area contributed by atoms with Crippen LogP contribution in [0.2, 0.25) is 0 Å². The lowest BCUT2D eigenvalue weighted by molar-refractivity contribution is 0.768. The molecule has 1 unspecified atom stereocenters. The molecule has 3 rings (SSSR count). The second kappa shape index (κ2) is 4.57. The minimum Gasteiger partial charge on any atom is -0.181 e. The highest BCUT2D eigenvalue weighted by molar-refractivity contribution is 5.82. The molecule has 0 N–H and O–H groups in total. The summed E-state index contributed by atoms with van der Waals surface area (Å²) in [6.07, 6.45) is 2.11.